The van der Waals surface area contributed by atoms with Crippen molar-refractivity contribution in [3.05, 3.63) is 0 Å². The van der Waals surface area contributed by atoms with Crippen LogP contribution in [0, 0.1) is 0 Å². The molecular weight excluding hydrogens is 154 g/mol. The Morgan fingerprint density at radius 3 is 2.36 bits per heavy atom. The molecule has 0 rings (SSSR count). The lowest BCUT2D eigenvalue weighted by molar-refractivity contribution is 0.190. The first-order chi connectivity index (χ1) is 5.12. The fourth-order valence-corrected chi connectivity index (χ4v) is 2.76. The second kappa shape index (κ2) is 5.74. The summed E-state index contributed by atoms with van der Waals surface area (Å²) in [5.74, 6) is 0. The summed E-state index contributed by atoms with van der Waals surface area (Å²) in [4.78, 5) is 0. The third kappa shape index (κ3) is 6.53. The summed E-state index contributed by atoms with van der Waals surface area (Å²) >= 11 is 0. The lowest BCUT2D eigenvalue weighted by Gasteiger charge is -2.21. The van der Waals surface area contributed by atoms with Crippen molar-refractivity contribution in [3.63, 3.8) is 0 Å². The van der Waals surface area contributed by atoms with Crippen LogP contribution < -0.4 is 5.48 Å². The Morgan fingerprint density at radius 1 is 1.27 bits per heavy atom. The third-order valence-electron chi connectivity index (χ3n) is 1.63. The molecule has 0 aliphatic heterocycles. The van der Waals surface area contributed by atoms with Crippen molar-refractivity contribution in [3.8, 4) is 0 Å². The van der Waals surface area contributed by atoms with Gasteiger partial charge in [0.05, 0.1) is 0 Å². The summed E-state index contributed by atoms with van der Waals surface area (Å²) < 4.78 is 5.57. The first kappa shape index (κ1) is 11.1. The molecule has 0 saturated carbocycles. The van der Waals surface area contributed by atoms with E-state index in [1.54, 1.807) is 0 Å². The van der Waals surface area contributed by atoms with Crippen LogP contribution in [0.4, 0.5) is 0 Å². The predicted octanol–water partition coefficient (Wildman–Crippen LogP) is 2.53. The van der Waals surface area contributed by atoms with Crippen molar-refractivity contribution in [1.82, 2.24) is 5.48 Å². The molecule has 0 amide bonds. The van der Waals surface area contributed by atoms with E-state index in [-0.39, 0.29) is 0 Å². The maximum atomic E-state index is 5.57. The molecule has 0 unspecified atom stereocenters. The zero-order valence-corrected chi connectivity index (χ0v) is 9.24. The number of hydrogen-bond donors (Lipinski definition) is 1. The summed E-state index contributed by atoms with van der Waals surface area (Å²) in [6.07, 6.45) is 2.57. The molecular formula is C8H21NOSi. The Labute approximate surface area is 71.4 Å². The minimum atomic E-state index is -1.36. The maximum Gasteiger partial charge on any atom is 0.214 e. The molecule has 2 nitrogen and oxygen atoms in total. The van der Waals surface area contributed by atoms with Gasteiger partial charge in [-0.1, -0.05) is 26.7 Å². The van der Waals surface area contributed by atoms with E-state index >= 15 is 0 Å². The topological polar surface area (TPSA) is 21.3 Å². The predicted molar refractivity (Wildman–Crippen MR) is 52.0 cm³/mol. The zero-order chi connectivity index (χ0) is 8.74. The van der Waals surface area contributed by atoms with Gasteiger partial charge < -0.3 is 4.53 Å². The van der Waals surface area contributed by atoms with E-state index in [1.165, 1.54) is 18.9 Å². The van der Waals surface area contributed by atoms with Crippen LogP contribution >= 0.6 is 0 Å². The van der Waals surface area contributed by atoms with Crippen LogP contribution in [-0.4, -0.2) is 14.9 Å². The number of nitrogens with one attached hydrogen (secondary N) is 1. The molecule has 0 radical (unpaired) electrons. The molecule has 11 heavy (non-hydrogen) atoms. The fraction of sp³-hybridized carbons (Fsp3) is 1.00. The van der Waals surface area contributed by atoms with Crippen LogP contribution in [0.15, 0.2) is 0 Å². The third-order valence-corrected chi connectivity index (χ3v) is 3.88. The summed E-state index contributed by atoms with van der Waals surface area (Å²) in [6, 6.07) is 1.26. The monoisotopic (exact) mass is 175 g/mol. The summed E-state index contributed by atoms with van der Waals surface area (Å²) in [6.45, 7) is 9.70. The molecule has 0 atom stereocenters. The second-order valence-electron chi connectivity index (χ2n) is 3.46. The van der Waals surface area contributed by atoms with E-state index < -0.39 is 8.32 Å². The standard InChI is InChI=1S/C8H21NOSi/c1-5-7-8-11(3,4)10-9-6-2/h9H,5-8H2,1-4H3. The largest absolute Gasteiger partial charge is 0.346 e. The van der Waals surface area contributed by atoms with E-state index in [0.29, 0.717) is 0 Å². The summed E-state index contributed by atoms with van der Waals surface area (Å²) in [5, 5.41) is 0. The molecule has 3 heteroatoms. The van der Waals surface area contributed by atoms with Crippen LogP contribution in [0.3, 0.4) is 0 Å². The lowest BCUT2D eigenvalue weighted by Crippen LogP contribution is -2.36. The van der Waals surface area contributed by atoms with Crippen LogP contribution in [0.5, 0.6) is 0 Å². The van der Waals surface area contributed by atoms with E-state index in [4.69, 9.17) is 4.53 Å². The summed E-state index contributed by atoms with van der Waals surface area (Å²) in [7, 11) is -1.36. The highest BCUT2D eigenvalue weighted by Gasteiger charge is 2.21. The molecule has 68 valence electrons. The van der Waals surface area contributed by atoms with Gasteiger partial charge in [0.1, 0.15) is 0 Å². The van der Waals surface area contributed by atoms with Crippen molar-refractivity contribution in [2.75, 3.05) is 6.54 Å². The molecule has 0 bridgehead atoms. The van der Waals surface area contributed by atoms with Gasteiger partial charge in [-0.2, -0.15) is 0 Å². The van der Waals surface area contributed by atoms with Gasteiger partial charge in [-0.3, -0.25) is 0 Å². The number of hydrogen-bond acceptors (Lipinski definition) is 2. The van der Waals surface area contributed by atoms with Gasteiger partial charge in [0.2, 0.25) is 8.32 Å². The highest BCUT2D eigenvalue weighted by Crippen LogP contribution is 2.13. The average Bonchev–Trinajstić information content (AvgIpc) is 1.97. The van der Waals surface area contributed by atoms with Crippen LogP contribution in [0.2, 0.25) is 19.1 Å². The molecule has 0 fully saturated rings. The van der Waals surface area contributed by atoms with Gasteiger partial charge in [-0.05, 0) is 19.1 Å². The first-order valence-electron chi connectivity index (χ1n) is 4.53. The molecule has 0 saturated heterocycles. The Hall–Kier alpha value is 0.137. The molecule has 0 aliphatic carbocycles. The van der Waals surface area contributed by atoms with Crippen molar-refractivity contribution < 1.29 is 4.53 Å². The van der Waals surface area contributed by atoms with Crippen LogP contribution in [0.25, 0.3) is 0 Å². The van der Waals surface area contributed by atoms with Crippen molar-refractivity contribution in [2.45, 2.75) is 45.8 Å². The molecule has 0 heterocycles. The van der Waals surface area contributed by atoms with Gasteiger partial charge in [0.15, 0.2) is 0 Å². The first-order valence-corrected chi connectivity index (χ1v) is 7.64. The van der Waals surface area contributed by atoms with Gasteiger partial charge in [0, 0.05) is 6.54 Å². The van der Waals surface area contributed by atoms with E-state index in [1.807, 2.05) is 0 Å². The number of hydroxylamine groups is 1. The average molecular weight is 175 g/mol. The van der Waals surface area contributed by atoms with Crippen LogP contribution in [-0.2, 0) is 4.53 Å². The highest BCUT2D eigenvalue weighted by molar-refractivity contribution is 6.71. The van der Waals surface area contributed by atoms with Crippen LogP contribution in [0.1, 0.15) is 26.7 Å². The quantitative estimate of drug-likeness (QED) is 0.495. The lowest BCUT2D eigenvalue weighted by atomic mass is 10.4. The second-order valence-corrected chi connectivity index (χ2v) is 7.69. The van der Waals surface area contributed by atoms with Gasteiger partial charge in [-0.15, -0.1) is 0 Å². The smallest absolute Gasteiger partial charge is 0.214 e. The van der Waals surface area contributed by atoms with Crippen molar-refractivity contribution >= 4 is 8.32 Å². The Kier molecular flexibility index (Phi) is 5.82. The van der Waals surface area contributed by atoms with E-state index in [0.717, 1.165) is 6.54 Å². The zero-order valence-electron chi connectivity index (χ0n) is 8.24. The molecule has 0 spiro atoms. The molecule has 1 N–H and O–H groups in total. The van der Waals surface area contributed by atoms with Crippen molar-refractivity contribution in [1.29, 1.82) is 0 Å². The maximum absolute atomic E-state index is 5.57. The molecule has 0 aromatic carbocycles. The Bertz CT molecular complexity index is 86.1. The van der Waals surface area contributed by atoms with Crippen molar-refractivity contribution in [2.24, 2.45) is 0 Å². The molecule has 0 aromatic heterocycles. The summed E-state index contributed by atoms with van der Waals surface area (Å²) in [5.41, 5.74) is 2.96. The highest BCUT2D eigenvalue weighted by atomic mass is 28.4. The van der Waals surface area contributed by atoms with E-state index in [2.05, 4.69) is 32.4 Å². The Balaban J connectivity index is 3.43. The Morgan fingerprint density at radius 2 is 1.91 bits per heavy atom. The normalized spacial score (nSPS) is 12.0. The fourth-order valence-electron chi connectivity index (χ4n) is 0.921. The number of unbranched alkanes of at least 4 members (excludes halogenated alkanes) is 1. The molecule has 0 aliphatic rings. The SMILES string of the molecule is CCCC[Si](C)(C)ONCC. The van der Waals surface area contributed by atoms with Gasteiger partial charge in [0.25, 0.3) is 0 Å². The number of rotatable bonds is 6. The molecule has 0 aromatic rings. The minimum absolute atomic E-state index is 0.905. The van der Waals surface area contributed by atoms with Gasteiger partial charge >= 0.3 is 0 Å². The van der Waals surface area contributed by atoms with Gasteiger partial charge in [-0.25, -0.2) is 5.48 Å². The van der Waals surface area contributed by atoms with E-state index in [9.17, 15) is 0 Å². The minimum Gasteiger partial charge on any atom is -0.346 e.